The van der Waals surface area contributed by atoms with Crippen molar-refractivity contribution in [3.8, 4) is 0 Å². The Kier molecular flexibility index (Phi) is 3.15. The van der Waals surface area contributed by atoms with Crippen molar-refractivity contribution in [2.24, 2.45) is 11.8 Å². The van der Waals surface area contributed by atoms with Gasteiger partial charge < -0.3 is 19.7 Å². The molecule has 4 rings (SSSR count). The van der Waals surface area contributed by atoms with Crippen molar-refractivity contribution in [2.75, 3.05) is 26.3 Å². The van der Waals surface area contributed by atoms with Crippen LogP contribution >= 0.6 is 0 Å². The van der Waals surface area contributed by atoms with E-state index in [1.807, 2.05) is 4.90 Å². The fraction of sp³-hybridized carbons (Fsp3) is 0.933. The smallest absolute Gasteiger partial charge is 0.317 e. The van der Waals surface area contributed by atoms with Crippen molar-refractivity contribution in [3.63, 3.8) is 0 Å². The molecule has 0 unspecified atom stereocenters. The van der Waals surface area contributed by atoms with Crippen LogP contribution in [0.25, 0.3) is 0 Å². The maximum atomic E-state index is 12.4. The topological polar surface area (TPSA) is 50.8 Å². The fourth-order valence-corrected chi connectivity index (χ4v) is 3.60. The Labute approximate surface area is 120 Å². The molecule has 2 heterocycles. The van der Waals surface area contributed by atoms with Gasteiger partial charge >= 0.3 is 6.03 Å². The zero-order chi connectivity index (χ0) is 13.6. The maximum Gasteiger partial charge on any atom is 0.317 e. The SMILES string of the molecule is O=C(NC(C1CC1)C1CC1)N1CCC2(CC1)OCCO2. The van der Waals surface area contributed by atoms with Gasteiger partial charge in [0.1, 0.15) is 0 Å². The number of hydrogen-bond donors (Lipinski definition) is 1. The van der Waals surface area contributed by atoms with E-state index in [1.54, 1.807) is 0 Å². The lowest BCUT2D eigenvalue weighted by Crippen LogP contribution is -2.52. The van der Waals surface area contributed by atoms with E-state index in [1.165, 1.54) is 25.7 Å². The molecule has 5 nitrogen and oxygen atoms in total. The van der Waals surface area contributed by atoms with Crippen LogP contribution in [-0.2, 0) is 9.47 Å². The third-order valence-corrected chi connectivity index (χ3v) is 5.18. The van der Waals surface area contributed by atoms with Crippen LogP contribution in [-0.4, -0.2) is 49.1 Å². The van der Waals surface area contributed by atoms with Crippen molar-refractivity contribution in [3.05, 3.63) is 0 Å². The molecule has 4 aliphatic rings. The highest BCUT2D eigenvalue weighted by Crippen LogP contribution is 2.44. The van der Waals surface area contributed by atoms with Gasteiger partial charge in [0, 0.05) is 32.0 Å². The molecule has 0 atom stereocenters. The Morgan fingerprint density at radius 3 is 2.10 bits per heavy atom. The summed E-state index contributed by atoms with van der Waals surface area (Å²) in [4.78, 5) is 14.3. The number of hydrogen-bond acceptors (Lipinski definition) is 3. The first-order valence-corrected chi connectivity index (χ1v) is 8.09. The highest BCUT2D eigenvalue weighted by Gasteiger charge is 2.44. The van der Waals surface area contributed by atoms with Crippen LogP contribution in [0.1, 0.15) is 38.5 Å². The number of carbonyl (C=O) groups is 1. The molecular formula is C15H24N2O3. The average molecular weight is 280 g/mol. The Hall–Kier alpha value is -0.810. The molecule has 2 aliphatic carbocycles. The monoisotopic (exact) mass is 280 g/mol. The summed E-state index contributed by atoms with van der Waals surface area (Å²) in [6.45, 7) is 2.87. The van der Waals surface area contributed by atoms with Crippen LogP contribution in [0.15, 0.2) is 0 Å². The van der Waals surface area contributed by atoms with Gasteiger partial charge in [-0.2, -0.15) is 0 Å². The fourth-order valence-electron chi connectivity index (χ4n) is 3.60. The molecule has 2 amide bonds. The summed E-state index contributed by atoms with van der Waals surface area (Å²) in [5, 5.41) is 3.29. The second-order valence-corrected chi connectivity index (χ2v) is 6.74. The number of nitrogens with one attached hydrogen (secondary N) is 1. The van der Waals surface area contributed by atoms with Crippen LogP contribution in [0.2, 0.25) is 0 Å². The maximum absolute atomic E-state index is 12.4. The number of urea groups is 1. The molecule has 112 valence electrons. The van der Waals surface area contributed by atoms with Gasteiger partial charge in [0.15, 0.2) is 5.79 Å². The van der Waals surface area contributed by atoms with Gasteiger partial charge in [-0.1, -0.05) is 0 Å². The van der Waals surface area contributed by atoms with E-state index in [0.29, 0.717) is 19.3 Å². The molecule has 0 aromatic carbocycles. The molecule has 0 bridgehead atoms. The van der Waals surface area contributed by atoms with Gasteiger partial charge in [-0.15, -0.1) is 0 Å². The number of carbonyl (C=O) groups excluding carboxylic acids is 1. The standard InChI is InChI=1S/C15H24N2O3/c18-14(16-13(11-1-2-11)12-3-4-12)17-7-5-15(6-8-17)19-9-10-20-15/h11-13H,1-10H2,(H,16,18). The molecule has 4 fully saturated rings. The Bertz CT molecular complexity index is 365. The largest absolute Gasteiger partial charge is 0.347 e. The first kappa shape index (κ1) is 12.9. The summed E-state index contributed by atoms with van der Waals surface area (Å²) in [5.74, 6) is 1.12. The van der Waals surface area contributed by atoms with Crippen LogP contribution < -0.4 is 5.32 Å². The Morgan fingerprint density at radius 2 is 1.60 bits per heavy atom. The third kappa shape index (κ3) is 2.53. The third-order valence-electron chi connectivity index (χ3n) is 5.18. The molecule has 1 N–H and O–H groups in total. The zero-order valence-corrected chi connectivity index (χ0v) is 12.0. The van der Waals surface area contributed by atoms with Gasteiger partial charge in [-0.3, -0.25) is 0 Å². The number of likely N-dealkylation sites (tertiary alicyclic amines) is 1. The molecule has 2 aliphatic heterocycles. The number of nitrogens with zero attached hydrogens (tertiary/aromatic N) is 1. The van der Waals surface area contributed by atoms with E-state index in [2.05, 4.69) is 5.32 Å². The number of rotatable bonds is 3. The van der Waals surface area contributed by atoms with Gasteiger partial charge in [-0.25, -0.2) is 4.79 Å². The average Bonchev–Trinajstić information content (AvgIpc) is 3.37. The van der Waals surface area contributed by atoms with Gasteiger partial charge in [-0.05, 0) is 37.5 Å². The minimum Gasteiger partial charge on any atom is -0.347 e. The number of ether oxygens (including phenoxy) is 2. The van der Waals surface area contributed by atoms with Crippen molar-refractivity contribution in [1.29, 1.82) is 0 Å². The minimum atomic E-state index is -0.386. The lowest BCUT2D eigenvalue weighted by atomic mass is 10.0. The second kappa shape index (κ2) is 4.88. The van der Waals surface area contributed by atoms with E-state index in [4.69, 9.17) is 9.47 Å². The number of amides is 2. The lowest BCUT2D eigenvalue weighted by Gasteiger charge is -2.38. The lowest BCUT2D eigenvalue weighted by molar-refractivity contribution is -0.181. The normalized spacial score (nSPS) is 29.1. The minimum absolute atomic E-state index is 0.127. The molecule has 0 aromatic rings. The molecule has 0 radical (unpaired) electrons. The molecule has 20 heavy (non-hydrogen) atoms. The van der Waals surface area contributed by atoms with E-state index in [9.17, 15) is 4.79 Å². The molecule has 5 heteroatoms. The highest BCUT2D eigenvalue weighted by molar-refractivity contribution is 5.74. The van der Waals surface area contributed by atoms with E-state index in [-0.39, 0.29) is 11.8 Å². The quantitative estimate of drug-likeness (QED) is 0.856. The summed E-state index contributed by atoms with van der Waals surface area (Å²) in [6.07, 6.45) is 6.80. The van der Waals surface area contributed by atoms with Crippen LogP contribution in [0.4, 0.5) is 4.79 Å². The van der Waals surface area contributed by atoms with Crippen molar-refractivity contribution in [1.82, 2.24) is 10.2 Å². The van der Waals surface area contributed by atoms with Gasteiger partial charge in [0.05, 0.1) is 13.2 Å². The van der Waals surface area contributed by atoms with Crippen molar-refractivity contribution >= 4 is 6.03 Å². The predicted molar refractivity (Wildman–Crippen MR) is 73.2 cm³/mol. The predicted octanol–water partition coefficient (Wildman–Crippen LogP) is 1.72. The molecular weight excluding hydrogens is 256 g/mol. The summed E-state index contributed by atoms with van der Waals surface area (Å²) in [6, 6.07) is 0.569. The van der Waals surface area contributed by atoms with Crippen LogP contribution in [0, 0.1) is 11.8 Å². The van der Waals surface area contributed by atoms with Crippen molar-refractivity contribution < 1.29 is 14.3 Å². The second-order valence-electron chi connectivity index (χ2n) is 6.74. The molecule has 0 aromatic heterocycles. The summed E-state index contributed by atoms with van der Waals surface area (Å²) < 4.78 is 11.4. The molecule has 1 spiro atoms. The van der Waals surface area contributed by atoms with Gasteiger partial charge in [0.25, 0.3) is 0 Å². The summed E-state index contributed by atoms with van der Waals surface area (Å²) in [5.41, 5.74) is 0. The van der Waals surface area contributed by atoms with E-state index in [0.717, 1.165) is 37.8 Å². The molecule has 2 saturated carbocycles. The zero-order valence-electron chi connectivity index (χ0n) is 12.0. The Morgan fingerprint density at radius 1 is 1.05 bits per heavy atom. The van der Waals surface area contributed by atoms with E-state index >= 15 is 0 Å². The van der Waals surface area contributed by atoms with Crippen LogP contribution in [0.5, 0.6) is 0 Å². The summed E-state index contributed by atoms with van der Waals surface area (Å²) in [7, 11) is 0. The summed E-state index contributed by atoms with van der Waals surface area (Å²) >= 11 is 0. The number of piperidine rings is 1. The first-order valence-electron chi connectivity index (χ1n) is 8.09. The molecule has 2 saturated heterocycles. The van der Waals surface area contributed by atoms with Crippen LogP contribution in [0.3, 0.4) is 0 Å². The highest BCUT2D eigenvalue weighted by atomic mass is 16.7. The van der Waals surface area contributed by atoms with E-state index < -0.39 is 0 Å². The first-order chi connectivity index (χ1) is 9.76. The Balaban J connectivity index is 1.30. The van der Waals surface area contributed by atoms with Gasteiger partial charge in [0.2, 0.25) is 0 Å². The van der Waals surface area contributed by atoms with Crippen molar-refractivity contribution in [2.45, 2.75) is 50.4 Å².